The van der Waals surface area contributed by atoms with Gasteiger partial charge in [-0.25, -0.2) is 0 Å². The SMILES string of the molecule is CCCCC/C=C\C/C=C\C/C=C\CCCCCCCCCCCCCCCCC(=O)NC(COP(=O)([O-])OCC[N+](C)(C)C)C(/C=C\CCCCCCCCCCCC)OC(=O)CCCCCCCCC/C=C\CCCCCC. The van der Waals surface area contributed by atoms with E-state index >= 15 is 0 Å². The summed E-state index contributed by atoms with van der Waals surface area (Å²) in [6.45, 7) is 6.83. The number of unbranched alkanes of at least 4 members (excludes halogenated alkanes) is 38. The van der Waals surface area contributed by atoms with Crippen molar-refractivity contribution in [1.82, 2.24) is 5.32 Å². The highest BCUT2D eigenvalue weighted by molar-refractivity contribution is 7.45. The van der Waals surface area contributed by atoms with Gasteiger partial charge in [-0.3, -0.25) is 14.2 Å². The fraction of sp³-hybridized carbons (Fsp3) is 0.829. The number of ether oxygens (including phenoxy) is 1. The van der Waals surface area contributed by atoms with Crippen LogP contribution in [0, 0.1) is 0 Å². The van der Waals surface area contributed by atoms with E-state index in [0.717, 1.165) is 83.5 Å². The molecule has 0 aliphatic carbocycles. The number of nitrogens with one attached hydrogen (secondary N) is 1. The van der Waals surface area contributed by atoms with Gasteiger partial charge in [-0.2, -0.15) is 0 Å². The highest BCUT2D eigenvalue weighted by Gasteiger charge is 2.27. The smallest absolute Gasteiger partial charge is 0.306 e. The van der Waals surface area contributed by atoms with Gasteiger partial charge in [0, 0.05) is 12.8 Å². The van der Waals surface area contributed by atoms with Crippen LogP contribution in [-0.4, -0.2) is 69.4 Å². The van der Waals surface area contributed by atoms with E-state index in [1.165, 1.54) is 205 Å². The van der Waals surface area contributed by atoms with Crippen molar-refractivity contribution in [2.24, 2.45) is 0 Å². The number of carbonyl (C=O) groups excluding carboxylic acids is 2. The zero-order valence-corrected chi connectivity index (χ0v) is 54.4. The number of hydrogen-bond donors (Lipinski definition) is 1. The fourth-order valence-electron chi connectivity index (χ4n) is 9.88. The second-order valence-electron chi connectivity index (χ2n) is 24.3. The van der Waals surface area contributed by atoms with Crippen molar-refractivity contribution in [3.05, 3.63) is 60.8 Å². The summed E-state index contributed by atoms with van der Waals surface area (Å²) in [7, 11) is 1.19. The van der Waals surface area contributed by atoms with E-state index < -0.39 is 20.0 Å². The molecule has 0 rings (SSSR count). The molecule has 0 aromatic carbocycles. The molecule has 0 aromatic heterocycles. The van der Waals surface area contributed by atoms with Gasteiger partial charge in [0.1, 0.15) is 19.3 Å². The number of likely N-dealkylation sites (N-methyl/N-ethyl adjacent to an activating group) is 1. The van der Waals surface area contributed by atoms with E-state index in [2.05, 4.69) is 74.7 Å². The van der Waals surface area contributed by atoms with Crippen molar-refractivity contribution in [2.75, 3.05) is 40.9 Å². The molecule has 3 unspecified atom stereocenters. The van der Waals surface area contributed by atoms with Crippen molar-refractivity contribution < 1.29 is 37.3 Å². The second kappa shape index (κ2) is 59.9. The Morgan fingerprint density at radius 1 is 0.438 bits per heavy atom. The first-order chi connectivity index (χ1) is 38.9. The van der Waals surface area contributed by atoms with Crippen LogP contribution in [0.3, 0.4) is 0 Å². The summed E-state index contributed by atoms with van der Waals surface area (Å²) in [4.78, 5) is 40.1. The molecular formula is C70H131N2O7P. The number of esters is 1. The number of phosphoric acid groups is 1. The molecule has 1 amide bonds. The Balaban J connectivity index is 5.02. The van der Waals surface area contributed by atoms with Gasteiger partial charge < -0.3 is 28.5 Å². The lowest BCUT2D eigenvalue weighted by Crippen LogP contribution is -2.47. The van der Waals surface area contributed by atoms with Gasteiger partial charge in [0.15, 0.2) is 0 Å². The van der Waals surface area contributed by atoms with Crippen LogP contribution in [0.25, 0.3) is 0 Å². The molecule has 0 aliphatic rings. The van der Waals surface area contributed by atoms with Crippen molar-refractivity contribution in [3.63, 3.8) is 0 Å². The summed E-state index contributed by atoms with van der Waals surface area (Å²) in [5, 5.41) is 3.04. The van der Waals surface area contributed by atoms with Crippen molar-refractivity contribution in [1.29, 1.82) is 0 Å². The Hall–Kier alpha value is -2.29. The molecule has 3 atom stereocenters. The molecule has 468 valence electrons. The topological polar surface area (TPSA) is 114 Å². The summed E-state index contributed by atoms with van der Waals surface area (Å²) < 4.78 is 30.4. The number of rotatable bonds is 62. The fourth-order valence-corrected chi connectivity index (χ4v) is 10.6. The van der Waals surface area contributed by atoms with Gasteiger partial charge in [0.2, 0.25) is 5.91 Å². The predicted molar refractivity (Wildman–Crippen MR) is 344 cm³/mol. The average Bonchev–Trinajstić information content (AvgIpc) is 3.42. The molecule has 80 heavy (non-hydrogen) atoms. The highest BCUT2D eigenvalue weighted by atomic mass is 31.2. The van der Waals surface area contributed by atoms with Gasteiger partial charge in [-0.05, 0) is 96.0 Å². The lowest BCUT2D eigenvalue weighted by atomic mass is 10.0. The van der Waals surface area contributed by atoms with E-state index in [4.69, 9.17) is 13.8 Å². The molecule has 0 spiro atoms. The molecule has 0 radical (unpaired) electrons. The molecule has 0 saturated heterocycles. The van der Waals surface area contributed by atoms with Gasteiger partial charge in [0.25, 0.3) is 7.82 Å². The zero-order chi connectivity index (χ0) is 58.6. The Kier molecular flexibility index (Phi) is 58.1. The maximum absolute atomic E-state index is 13.6. The first-order valence-corrected chi connectivity index (χ1v) is 35.6. The third-order valence-corrected chi connectivity index (χ3v) is 16.1. The molecule has 0 saturated carbocycles. The average molecular weight is 1140 g/mol. The summed E-state index contributed by atoms with van der Waals surface area (Å²) in [6.07, 6.45) is 76.2. The molecule has 0 aliphatic heterocycles. The number of nitrogens with zero attached hydrogens (tertiary/aromatic N) is 1. The van der Waals surface area contributed by atoms with Crippen LogP contribution >= 0.6 is 7.82 Å². The van der Waals surface area contributed by atoms with E-state index in [-0.39, 0.29) is 31.5 Å². The van der Waals surface area contributed by atoms with Crippen LogP contribution < -0.4 is 10.2 Å². The maximum Gasteiger partial charge on any atom is 0.306 e. The molecular weight excluding hydrogens is 1010 g/mol. The number of allylic oxidation sites excluding steroid dienone is 9. The number of hydrogen-bond acceptors (Lipinski definition) is 7. The Bertz CT molecular complexity index is 1550. The summed E-state index contributed by atoms with van der Waals surface area (Å²) in [5.74, 6) is -0.537. The summed E-state index contributed by atoms with van der Waals surface area (Å²) >= 11 is 0. The van der Waals surface area contributed by atoms with Crippen molar-refractivity contribution >= 4 is 19.7 Å². The van der Waals surface area contributed by atoms with Gasteiger partial charge in [-0.15, -0.1) is 0 Å². The van der Waals surface area contributed by atoms with Gasteiger partial charge in [0.05, 0.1) is 33.8 Å². The van der Waals surface area contributed by atoms with Gasteiger partial charge >= 0.3 is 5.97 Å². The Labute approximate surface area is 496 Å². The van der Waals surface area contributed by atoms with E-state index in [1.807, 2.05) is 33.3 Å². The minimum absolute atomic E-state index is 0.0229. The Morgan fingerprint density at radius 3 is 1.19 bits per heavy atom. The standard InChI is InChI=1S/C70H131N2O7P/c1-7-10-13-16-19-22-25-28-30-31-32-33-34-35-36-37-38-39-40-41-43-44-47-50-53-56-59-62-69(73)71-67(66-78-80(75,76)77-65-64-72(4,5)6)68(61-58-55-52-49-46-27-24-21-18-15-12-9-3)79-70(74)63-60-57-54-51-48-45-42-29-26-23-20-17-14-11-8-2/h19,22-23,26,28,30,32-33,58,61,67-68H,7-18,20-21,24-25,27,29,31,34-57,59-60,62-66H2,1-6H3,(H-,71,73,75,76)/b22-19-,26-23-,30-28-,33-32-,61-58-. The molecule has 0 heterocycles. The molecule has 0 aromatic rings. The molecule has 1 N–H and O–H groups in total. The minimum Gasteiger partial charge on any atom is -0.756 e. The molecule has 10 heteroatoms. The third kappa shape index (κ3) is 60.3. The first-order valence-electron chi connectivity index (χ1n) is 34.1. The van der Waals surface area contributed by atoms with Crippen LogP contribution in [0.5, 0.6) is 0 Å². The van der Waals surface area contributed by atoms with Crippen molar-refractivity contribution in [2.45, 2.75) is 335 Å². The monoisotopic (exact) mass is 1140 g/mol. The number of phosphoric ester groups is 1. The van der Waals surface area contributed by atoms with Crippen LogP contribution in [0.15, 0.2) is 60.8 Å². The third-order valence-electron chi connectivity index (χ3n) is 15.2. The highest BCUT2D eigenvalue weighted by Crippen LogP contribution is 2.38. The molecule has 9 nitrogen and oxygen atoms in total. The first kappa shape index (κ1) is 77.7. The lowest BCUT2D eigenvalue weighted by molar-refractivity contribution is -0.870. The zero-order valence-electron chi connectivity index (χ0n) is 53.5. The lowest BCUT2D eigenvalue weighted by Gasteiger charge is -2.30. The quantitative estimate of drug-likeness (QED) is 0.0212. The Morgan fingerprint density at radius 2 is 0.762 bits per heavy atom. The van der Waals surface area contributed by atoms with E-state index in [0.29, 0.717) is 17.4 Å². The van der Waals surface area contributed by atoms with Crippen LogP contribution in [0.4, 0.5) is 0 Å². The minimum atomic E-state index is -4.70. The number of carbonyl (C=O) groups is 2. The molecule has 0 fully saturated rings. The number of amides is 1. The van der Waals surface area contributed by atoms with Crippen LogP contribution in [0.2, 0.25) is 0 Å². The van der Waals surface area contributed by atoms with E-state index in [1.54, 1.807) is 0 Å². The summed E-state index contributed by atoms with van der Waals surface area (Å²) in [5.41, 5.74) is 0. The van der Waals surface area contributed by atoms with Crippen LogP contribution in [0.1, 0.15) is 323 Å². The van der Waals surface area contributed by atoms with Gasteiger partial charge in [-0.1, -0.05) is 275 Å². The maximum atomic E-state index is 13.6. The molecule has 0 bridgehead atoms. The van der Waals surface area contributed by atoms with Crippen molar-refractivity contribution in [3.8, 4) is 0 Å². The normalized spacial score (nSPS) is 13.9. The van der Waals surface area contributed by atoms with E-state index in [9.17, 15) is 19.0 Å². The summed E-state index contributed by atoms with van der Waals surface area (Å²) in [6, 6.07) is -0.890. The predicted octanol–water partition coefficient (Wildman–Crippen LogP) is 20.8. The van der Waals surface area contributed by atoms with Crippen LogP contribution in [-0.2, 0) is 27.9 Å². The second-order valence-corrected chi connectivity index (χ2v) is 25.7. The number of quaternary nitrogens is 1. The largest absolute Gasteiger partial charge is 0.756 e.